The monoisotopic (exact) mass is 337 g/mol. The summed E-state index contributed by atoms with van der Waals surface area (Å²) in [6.07, 6.45) is 4.22. The SMILES string of the molecule is CC1CCN(C(CN=C(N)Nc2ccccn2)c2ccccc2)CC1. The highest BCUT2D eigenvalue weighted by molar-refractivity contribution is 5.91. The zero-order valence-corrected chi connectivity index (χ0v) is 14.8. The molecule has 3 N–H and O–H groups in total. The predicted molar refractivity (Wildman–Crippen MR) is 104 cm³/mol. The van der Waals surface area contributed by atoms with Crippen molar-refractivity contribution in [2.24, 2.45) is 16.6 Å². The van der Waals surface area contributed by atoms with Gasteiger partial charge in [0.2, 0.25) is 0 Å². The Morgan fingerprint density at radius 3 is 2.60 bits per heavy atom. The van der Waals surface area contributed by atoms with E-state index in [9.17, 15) is 0 Å². The van der Waals surface area contributed by atoms with Crippen LogP contribution in [0.15, 0.2) is 59.7 Å². The summed E-state index contributed by atoms with van der Waals surface area (Å²) in [7, 11) is 0. The van der Waals surface area contributed by atoms with Crippen molar-refractivity contribution in [3.63, 3.8) is 0 Å². The van der Waals surface area contributed by atoms with Crippen LogP contribution in [0, 0.1) is 5.92 Å². The molecule has 2 aromatic rings. The van der Waals surface area contributed by atoms with Gasteiger partial charge in [0.15, 0.2) is 5.96 Å². The summed E-state index contributed by atoms with van der Waals surface area (Å²) in [5.74, 6) is 1.93. The quantitative estimate of drug-likeness (QED) is 0.649. The number of aliphatic imine (C=N–C) groups is 1. The fraction of sp³-hybridized carbons (Fsp3) is 0.400. The van der Waals surface area contributed by atoms with Crippen LogP contribution in [0.3, 0.4) is 0 Å². The lowest BCUT2D eigenvalue weighted by molar-refractivity contribution is 0.141. The van der Waals surface area contributed by atoms with Gasteiger partial charge >= 0.3 is 0 Å². The lowest BCUT2D eigenvalue weighted by Crippen LogP contribution is -2.38. The van der Waals surface area contributed by atoms with Crippen molar-refractivity contribution in [2.75, 3.05) is 25.0 Å². The fourth-order valence-corrected chi connectivity index (χ4v) is 3.24. The Morgan fingerprint density at radius 1 is 1.20 bits per heavy atom. The van der Waals surface area contributed by atoms with Gasteiger partial charge in [-0.05, 0) is 49.5 Å². The first kappa shape index (κ1) is 17.4. The van der Waals surface area contributed by atoms with Crippen LogP contribution in [-0.4, -0.2) is 35.5 Å². The minimum Gasteiger partial charge on any atom is -0.370 e. The fourth-order valence-electron chi connectivity index (χ4n) is 3.24. The summed E-state index contributed by atoms with van der Waals surface area (Å²) >= 11 is 0. The molecule has 0 amide bonds. The summed E-state index contributed by atoms with van der Waals surface area (Å²) in [4.78, 5) is 11.3. The molecule has 1 aromatic heterocycles. The van der Waals surface area contributed by atoms with Crippen LogP contribution in [0.1, 0.15) is 31.4 Å². The van der Waals surface area contributed by atoms with Crippen LogP contribution in [0.4, 0.5) is 5.82 Å². The van der Waals surface area contributed by atoms with Crippen LogP contribution < -0.4 is 11.1 Å². The van der Waals surface area contributed by atoms with Gasteiger partial charge in [-0.1, -0.05) is 43.3 Å². The van der Waals surface area contributed by atoms with Gasteiger partial charge in [-0.2, -0.15) is 0 Å². The number of nitrogens with zero attached hydrogens (tertiary/aromatic N) is 3. The minimum absolute atomic E-state index is 0.262. The Labute approximate surface area is 150 Å². The van der Waals surface area contributed by atoms with Gasteiger partial charge < -0.3 is 11.1 Å². The van der Waals surface area contributed by atoms with E-state index in [-0.39, 0.29) is 6.04 Å². The highest BCUT2D eigenvalue weighted by Gasteiger charge is 2.24. The number of guanidine groups is 1. The number of hydrogen-bond donors (Lipinski definition) is 2. The molecule has 2 heterocycles. The molecule has 0 radical (unpaired) electrons. The Kier molecular flexibility index (Phi) is 6.01. The zero-order valence-electron chi connectivity index (χ0n) is 14.8. The summed E-state index contributed by atoms with van der Waals surface area (Å²) in [5, 5.41) is 3.06. The zero-order chi connectivity index (χ0) is 17.5. The average Bonchev–Trinajstić information content (AvgIpc) is 2.65. The number of pyridine rings is 1. The molecule has 0 spiro atoms. The number of nitrogens with one attached hydrogen (secondary N) is 1. The van der Waals surface area contributed by atoms with Crippen LogP contribution in [-0.2, 0) is 0 Å². The normalized spacial score (nSPS) is 18.0. The topological polar surface area (TPSA) is 66.5 Å². The van der Waals surface area contributed by atoms with Gasteiger partial charge in [0.25, 0.3) is 0 Å². The van der Waals surface area contributed by atoms with Crippen molar-refractivity contribution in [3.05, 3.63) is 60.3 Å². The average molecular weight is 337 g/mol. The van der Waals surface area contributed by atoms with E-state index in [1.54, 1.807) is 6.20 Å². The summed E-state index contributed by atoms with van der Waals surface area (Å²) in [6, 6.07) is 16.5. The van der Waals surface area contributed by atoms with Crippen LogP contribution in [0.5, 0.6) is 0 Å². The van der Waals surface area contributed by atoms with Crippen molar-refractivity contribution in [3.8, 4) is 0 Å². The number of nitrogens with two attached hydrogens (primary N) is 1. The minimum atomic E-state index is 0.262. The van der Waals surface area contributed by atoms with E-state index in [0.717, 1.165) is 19.0 Å². The summed E-state index contributed by atoms with van der Waals surface area (Å²) in [5.41, 5.74) is 7.36. The van der Waals surface area contributed by atoms with Crippen molar-refractivity contribution in [2.45, 2.75) is 25.8 Å². The molecule has 5 heteroatoms. The highest BCUT2D eigenvalue weighted by atomic mass is 15.2. The molecule has 5 nitrogen and oxygen atoms in total. The smallest absolute Gasteiger partial charge is 0.194 e. The van der Waals surface area contributed by atoms with Gasteiger partial charge in [-0.15, -0.1) is 0 Å². The number of hydrogen-bond acceptors (Lipinski definition) is 3. The van der Waals surface area contributed by atoms with E-state index >= 15 is 0 Å². The third-order valence-corrected chi connectivity index (χ3v) is 4.80. The van der Waals surface area contributed by atoms with Gasteiger partial charge in [0.05, 0.1) is 12.6 Å². The molecular weight excluding hydrogens is 310 g/mol. The maximum atomic E-state index is 6.06. The molecule has 0 bridgehead atoms. The van der Waals surface area contributed by atoms with Crippen molar-refractivity contribution in [1.29, 1.82) is 0 Å². The molecule has 1 aromatic carbocycles. The Bertz CT molecular complexity index is 663. The lowest BCUT2D eigenvalue weighted by atomic mass is 9.96. The molecule has 0 aliphatic carbocycles. The molecule has 1 aliphatic rings. The Hall–Kier alpha value is -2.40. The number of aromatic nitrogens is 1. The van der Waals surface area contributed by atoms with Gasteiger partial charge in [-0.3, -0.25) is 9.89 Å². The molecule has 3 rings (SSSR count). The van der Waals surface area contributed by atoms with Gasteiger partial charge in [0.1, 0.15) is 5.82 Å². The molecular formula is C20H27N5. The largest absolute Gasteiger partial charge is 0.370 e. The highest BCUT2D eigenvalue weighted by Crippen LogP contribution is 2.27. The second-order valence-corrected chi connectivity index (χ2v) is 6.71. The second kappa shape index (κ2) is 8.62. The van der Waals surface area contributed by atoms with E-state index in [0.29, 0.717) is 18.3 Å². The predicted octanol–water partition coefficient (Wildman–Crippen LogP) is 3.28. The molecule has 25 heavy (non-hydrogen) atoms. The molecule has 0 saturated carbocycles. The first-order valence-electron chi connectivity index (χ1n) is 8.99. The van der Waals surface area contributed by atoms with E-state index < -0.39 is 0 Å². The van der Waals surface area contributed by atoms with E-state index in [2.05, 4.69) is 57.4 Å². The third-order valence-electron chi connectivity index (χ3n) is 4.80. The molecule has 1 atom stereocenters. The number of likely N-dealkylation sites (tertiary alicyclic amines) is 1. The first-order chi connectivity index (χ1) is 12.2. The maximum Gasteiger partial charge on any atom is 0.194 e. The number of rotatable bonds is 5. The van der Waals surface area contributed by atoms with Crippen LogP contribution in [0.25, 0.3) is 0 Å². The number of piperidine rings is 1. The van der Waals surface area contributed by atoms with Crippen molar-refractivity contribution >= 4 is 11.8 Å². The number of anilines is 1. The Morgan fingerprint density at radius 2 is 1.92 bits per heavy atom. The maximum absolute atomic E-state index is 6.06. The number of benzene rings is 1. The van der Waals surface area contributed by atoms with Gasteiger partial charge in [0, 0.05) is 6.20 Å². The second-order valence-electron chi connectivity index (χ2n) is 6.71. The molecule has 1 fully saturated rings. The molecule has 1 aliphatic heterocycles. The van der Waals surface area contributed by atoms with Crippen molar-refractivity contribution < 1.29 is 0 Å². The summed E-state index contributed by atoms with van der Waals surface area (Å²) in [6.45, 7) is 5.21. The van der Waals surface area contributed by atoms with E-state index in [4.69, 9.17) is 5.73 Å². The Balaban J connectivity index is 1.70. The standard InChI is InChI=1S/C20H27N5/c1-16-10-13-25(14-11-16)18(17-7-3-2-4-8-17)15-23-20(21)24-19-9-5-6-12-22-19/h2-9,12,16,18H,10-11,13-15H2,1H3,(H3,21,22,23,24). The molecule has 1 unspecified atom stereocenters. The van der Waals surface area contributed by atoms with Crippen molar-refractivity contribution in [1.82, 2.24) is 9.88 Å². The van der Waals surface area contributed by atoms with Crippen LogP contribution in [0.2, 0.25) is 0 Å². The van der Waals surface area contributed by atoms with E-state index in [1.165, 1.54) is 18.4 Å². The van der Waals surface area contributed by atoms with Crippen LogP contribution >= 0.6 is 0 Å². The third kappa shape index (κ3) is 5.03. The summed E-state index contributed by atoms with van der Waals surface area (Å²) < 4.78 is 0. The lowest BCUT2D eigenvalue weighted by Gasteiger charge is -2.36. The molecule has 1 saturated heterocycles. The van der Waals surface area contributed by atoms with E-state index in [1.807, 2.05) is 18.2 Å². The molecule has 132 valence electrons. The first-order valence-corrected chi connectivity index (χ1v) is 8.99. The van der Waals surface area contributed by atoms with Gasteiger partial charge in [-0.25, -0.2) is 4.98 Å².